The summed E-state index contributed by atoms with van der Waals surface area (Å²) in [6.45, 7) is 7.08. The highest BCUT2D eigenvalue weighted by Gasteiger charge is 2.17. The summed E-state index contributed by atoms with van der Waals surface area (Å²) in [4.78, 5) is 17.7. The van der Waals surface area contributed by atoms with Crippen molar-refractivity contribution in [3.8, 4) is 0 Å². The van der Waals surface area contributed by atoms with Gasteiger partial charge in [-0.05, 0) is 18.6 Å². The number of fused-ring (bicyclic) bond motifs is 3. The number of nitrogens with zero attached hydrogens (tertiary/aromatic N) is 5. The molecular weight excluding hydrogens is 390 g/mol. The number of hydrogen-bond acceptors (Lipinski definition) is 6. The Hall–Kier alpha value is -2.19. The second-order valence-corrected chi connectivity index (χ2v) is 8.90. The molecule has 146 valence electrons. The molecule has 0 saturated heterocycles. The van der Waals surface area contributed by atoms with Crippen molar-refractivity contribution in [3.05, 3.63) is 50.7 Å². The van der Waals surface area contributed by atoms with E-state index >= 15 is 0 Å². The van der Waals surface area contributed by atoms with Crippen LogP contribution in [0.2, 0.25) is 0 Å². The van der Waals surface area contributed by atoms with E-state index in [-0.39, 0.29) is 5.56 Å². The van der Waals surface area contributed by atoms with Crippen LogP contribution in [0.5, 0.6) is 0 Å². The number of hydrogen-bond donors (Lipinski definition) is 0. The zero-order valence-corrected chi connectivity index (χ0v) is 17.9. The number of thiazole rings is 1. The molecular formula is C20H23N5OS2. The molecule has 0 saturated carbocycles. The molecule has 0 aliphatic carbocycles. The Kier molecular flexibility index (Phi) is 5.50. The van der Waals surface area contributed by atoms with Gasteiger partial charge in [-0.2, -0.15) is 0 Å². The maximum Gasteiger partial charge on any atom is 0.262 e. The number of para-hydroxylation sites is 1. The fourth-order valence-electron chi connectivity index (χ4n) is 3.14. The topological polar surface area (TPSA) is 65.1 Å². The summed E-state index contributed by atoms with van der Waals surface area (Å²) in [6.07, 6.45) is 1.95. The van der Waals surface area contributed by atoms with Crippen LogP contribution in [0, 0.1) is 0 Å². The fraction of sp³-hybridized carbons (Fsp3) is 0.400. The first-order valence-electron chi connectivity index (χ1n) is 9.54. The minimum atomic E-state index is 0.00146. The summed E-state index contributed by atoms with van der Waals surface area (Å²) < 4.78 is 3.76. The highest BCUT2D eigenvalue weighted by Crippen LogP contribution is 2.27. The average molecular weight is 414 g/mol. The highest BCUT2D eigenvalue weighted by molar-refractivity contribution is 7.98. The smallest absolute Gasteiger partial charge is 0.262 e. The molecule has 4 rings (SSSR count). The van der Waals surface area contributed by atoms with E-state index in [1.165, 1.54) is 0 Å². The number of unbranched alkanes of at least 4 members (excludes halogenated alkanes) is 1. The maximum absolute atomic E-state index is 13.0. The van der Waals surface area contributed by atoms with Gasteiger partial charge in [0.2, 0.25) is 5.78 Å². The first-order valence-corrected chi connectivity index (χ1v) is 11.4. The third kappa shape index (κ3) is 3.46. The van der Waals surface area contributed by atoms with Crippen molar-refractivity contribution in [2.75, 3.05) is 0 Å². The van der Waals surface area contributed by atoms with E-state index in [4.69, 9.17) is 4.98 Å². The zero-order valence-electron chi connectivity index (χ0n) is 16.3. The third-order valence-corrected chi connectivity index (χ3v) is 6.78. The molecule has 28 heavy (non-hydrogen) atoms. The van der Waals surface area contributed by atoms with E-state index < -0.39 is 0 Å². The summed E-state index contributed by atoms with van der Waals surface area (Å²) in [5.41, 5.74) is 1.91. The van der Waals surface area contributed by atoms with Crippen LogP contribution in [0.15, 0.2) is 39.6 Å². The van der Waals surface area contributed by atoms with Crippen molar-refractivity contribution in [2.24, 2.45) is 0 Å². The molecule has 0 aliphatic rings. The molecule has 8 heteroatoms. The molecule has 3 heterocycles. The molecule has 0 atom stereocenters. The molecule has 0 aliphatic heterocycles. The van der Waals surface area contributed by atoms with Crippen LogP contribution in [0.1, 0.15) is 50.2 Å². The molecule has 0 radical (unpaired) electrons. The molecule has 4 aromatic rings. The van der Waals surface area contributed by atoms with Crippen molar-refractivity contribution < 1.29 is 0 Å². The second-order valence-electron chi connectivity index (χ2n) is 7.07. The number of rotatable bonds is 7. The van der Waals surface area contributed by atoms with Gasteiger partial charge < -0.3 is 0 Å². The predicted molar refractivity (Wildman–Crippen MR) is 115 cm³/mol. The van der Waals surface area contributed by atoms with E-state index in [9.17, 15) is 4.79 Å². The summed E-state index contributed by atoms with van der Waals surface area (Å²) in [6, 6.07) is 7.69. The Labute approximate surface area is 171 Å². The van der Waals surface area contributed by atoms with Crippen molar-refractivity contribution in [1.82, 2.24) is 24.1 Å². The predicted octanol–water partition coefficient (Wildman–Crippen LogP) is 4.72. The van der Waals surface area contributed by atoms with Gasteiger partial charge in [0, 0.05) is 23.6 Å². The van der Waals surface area contributed by atoms with Crippen LogP contribution in [-0.2, 0) is 12.3 Å². The number of aryl methyl sites for hydroxylation is 1. The quantitative estimate of drug-likeness (QED) is 0.410. The van der Waals surface area contributed by atoms with Crippen LogP contribution in [0.25, 0.3) is 16.7 Å². The van der Waals surface area contributed by atoms with Crippen LogP contribution in [0.4, 0.5) is 0 Å². The Morgan fingerprint density at radius 3 is 2.79 bits per heavy atom. The number of thioether (sulfide) groups is 1. The molecule has 0 unspecified atom stereocenters. The van der Waals surface area contributed by atoms with E-state index in [2.05, 4.69) is 36.3 Å². The summed E-state index contributed by atoms with van der Waals surface area (Å²) in [5.74, 6) is 1.78. The molecule has 0 fully saturated rings. The number of aromatic nitrogens is 5. The third-order valence-electron chi connectivity index (χ3n) is 4.63. The summed E-state index contributed by atoms with van der Waals surface area (Å²) >= 11 is 3.31. The SMILES string of the molecule is CCCCn1c(=O)c2ccccc2n2c(SCc3csc(C(C)C)n3)nnc12. The zero-order chi connectivity index (χ0) is 19.7. The maximum atomic E-state index is 13.0. The second kappa shape index (κ2) is 8.05. The van der Waals surface area contributed by atoms with Crippen LogP contribution in [0.3, 0.4) is 0 Å². The molecule has 0 N–H and O–H groups in total. The van der Waals surface area contributed by atoms with Gasteiger partial charge in [-0.25, -0.2) is 4.98 Å². The van der Waals surface area contributed by atoms with Gasteiger partial charge in [0.15, 0.2) is 5.16 Å². The lowest BCUT2D eigenvalue weighted by Gasteiger charge is -2.10. The van der Waals surface area contributed by atoms with Crippen molar-refractivity contribution >= 4 is 39.8 Å². The lowest BCUT2D eigenvalue weighted by Crippen LogP contribution is -2.23. The molecule has 0 amide bonds. The Balaban J connectivity index is 1.77. The van der Waals surface area contributed by atoms with Crippen LogP contribution < -0.4 is 5.56 Å². The Bertz CT molecular complexity index is 1170. The lowest BCUT2D eigenvalue weighted by atomic mass is 10.2. The first-order chi connectivity index (χ1) is 13.6. The van der Waals surface area contributed by atoms with Gasteiger partial charge in [-0.15, -0.1) is 21.5 Å². The van der Waals surface area contributed by atoms with Gasteiger partial charge in [0.1, 0.15) is 0 Å². The monoisotopic (exact) mass is 413 g/mol. The largest absolute Gasteiger partial charge is 0.276 e. The Morgan fingerprint density at radius 1 is 1.21 bits per heavy atom. The standard InChI is InChI=1S/C20H23N5OS2/c1-4-5-10-24-18(26)15-8-6-7-9-16(15)25-19(24)22-23-20(25)28-12-14-11-27-17(21-14)13(2)3/h6-9,11,13H,4-5,10,12H2,1-3H3. The summed E-state index contributed by atoms with van der Waals surface area (Å²) in [5, 5.41) is 13.5. The molecule has 1 aromatic carbocycles. The van der Waals surface area contributed by atoms with Crippen LogP contribution >= 0.6 is 23.1 Å². The van der Waals surface area contributed by atoms with Gasteiger partial charge in [0.05, 0.1) is 21.6 Å². The Morgan fingerprint density at radius 2 is 2.04 bits per heavy atom. The van der Waals surface area contributed by atoms with Gasteiger partial charge in [-0.3, -0.25) is 13.8 Å². The minimum Gasteiger partial charge on any atom is -0.276 e. The molecule has 3 aromatic heterocycles. The summed E-state index contributed by atoms with van der Waals surface area (Å²) in [7, 11) is 0. The van der Waals surface area contributed by atoms with Crippen molar-refractivity contribution in [1.29, 1.82) is 0 Å². The number of benzene rings is 1. The lowest BCUT2D eigenvalue weighted by molar-refractivity contribution is 0.620. The highest BCUT2D eigenvalue weighted by atomic mass is 32.2. The van der Waals surface area contributed by atoms with Gasteiger partial charge >= 0.3 is 0 Å². The fourth-order valence-corrected chi connectivity index (χ4v) is 4.91. The molecule has 6 nitrogen and oxygen atoms in total. The van der Waals surface area contributed by atoms with E-state index in [0.29, 0.717) is 23.6 Å². The molecule has 0 spiro atoms. The average Bonchev–Trinajstić information content (AvgIpc) is 3.34. The first kappa shape index (κ1) is 19.1. The van der Waals surface area contributed by atoms with Crippen molar-refractivity contribution in [3.63, 3.8) is 0 Å². The van der Waals surface area contributed by atoms with E-state index in [1.54, 1.807) is 27.7 Å². The van der Waals surface area contributed by atoms with Crippen molar-refractivity contribution in [2.45, 2.75) is 57.0 Å². The van der Waals surface area contributed by atoms with Gasteiger partial charge in [0.25, 0.3) is 5.56 Å². The minimum absolute atomic E-state index is 0.00146. The van der Waals surface area contributed by atoms with Crippen LogP contribution in [-0.4, -0.2) is 24.1 Å². The van der Waals surface area contributed by atoms with E-state index in [1.807, 2.05) is 28.7 Å². The normalized spacial score (nSPS) is 11.9. The van der Waals surface area contributed by atoms with E-state index in [0.717, 1.165) is 40.0 Å². The molecule has 0 bridgehead atoms. The van der Waals surface area contributed by atoms with Gasteiger partial charge in [-0.1, -0.05) is 51.1 Å².